The number of sulfonamides is 1. The van der Waals surface area contributed by atoms with Gasteiger partial charge in [0.25, 0.3) is 0 Å². The van der Waals surface area contributed by atoms with Crippen LogP contribution in [0.2, 0.25) is 0 Å². The predicted octanol–water partition coefficient (Wildman–Crippen LogP) is 5.83. The molecule has 36 heavy (non-hydrogen) atoms. The lowest BCUT2D eigenvalue weighted by Gasteiger charge is -2.22. The van der Waals surface area contributed by atoms with Gasteiger partial charge in [-0.05, 0) is 54.6 Å². The minimum absolute atomic E-state index is 0.0162. The fourth-order valence-electron chi connectivity index (χ4n) is 3.22. The van der Waals surface area contributed by atoms with Crippen molar-refractivity contribution in [2.45, 2.75) is 6.18 Å². The lowest BCUT2D eigenvalue weighted by Crippen LogP contribution is -2.32. The molecule has 188 valence electrons. The maximum Gasteiger partial charge on any atom is 0.416 e. The molecule has 3 aromatic carbocycles. The van der Waals surface area contributed by atoms with Crippen LogP contribution in [0.1, 0.15) is 5.56 Å². The normalized spacial score (nSPS) is 11.9. The minimum Gasteiger partial charge on any atom is -0.457 e. The van der Waals surface area contributed by atoms with Gasteiger partial charge in [0, 0.05) is 6.07 Å². The zero-order valence-electron chi connectivity index (χ0n) is 18.2. The van der Waals surface area contributed by atoms with Crippen LogP contribution in [0.4, 0.5) is 38.9 Å². The summed E-state index contributed by atoms with van der Waals surface area (Å²) in [6.07, 6.45) is -3.73. The highest BCUT2D eigenvalue weighted by Crippen LogP contribution is 2.37. The van der Waals surface area contributed by atoms with E-state index in [9.17, 15) is 30.8 Å². The van der Waals surface area contributed by atoms with Crippen LogP contribution in [0.25, 0.3) is 10.2 Å². The van der Waals surface area contributed by atoms with Crippen LogP contribution in [-0.4, -0.2) is 25.7 Å². The highest BCUT2D eigenvalue weighted by Gasteiger charge is 2.32. The number of halogens is 4. The first kappa shape index (κ1) is 25.2. The Morgan fingerprint density at radius 2 is 1.72 bits per heavy atom. The smallest absolute Gasteiger partial charge is 0.416 e. The third kappa shape index (κ3) is 5.66. The molecule has 8 nitrogen and oxygen atoms in total. The summed E-state index contributed by atoms with van der Waals surface area (Å²) in [5, 5.41) is 0.197. The topological polar surface area (TPSA) is 115 Å². The Balaban J connectivity index is 1.59. The number of hydrogen-bond donors (Lipinski definition) is 2. The van der Waals surface area contributed by atoms with Crippen LogP contribution in [-0.2, 0) is 16.2 Å². The van der Waals surface area contributed by atoms with Gasteiger partial charge in [-0.2, -0.15) is 13.2 Å². The number of primary amides is 1. The van der Waals surface area contributed by atoms with Crippen LogP contribution < -0.4 is 20.1 Å². The van der Waals surface area contributed by atoms with E-state index in [0.29, 0.717) is 44.8 Å². The van der Waals surface area contributed by atoms with E-state index in [-0.39, 0.29) is 10.8 Å². The average molecular weight is 541 g/mol. The van der Waals surface area contributed by atoms with Crippen molar-refractivity contribution in [3.8, 4) is 11.5 Å². The third-order valence-corrected chi connectivity index (χ3v) is 6.32. The van der Waals surface area contributed by atoms with Crippen LogP contribution in [0, 0.1) is 5.82 Å². The number of carbonyl (C=O) groups excluding carboxylic acids is 1. The summed E-state index contributed by atoms with van der Waals surface area (Å²) >= 11 is 1.11. The zero-order chi connectivity index (χ0) is 26.3. The van der Waals surface area contributed by atoms with E-state index in [0.717, 1.165) is 17.6 Å². The Kier molecular flexibility index (Phi) is 6.49. The molecule has 14 heteroatoms. The molecule has 0 radical (unpaired) electrons. The van der Waals surface area contributed by atoms with E-state index in [1.165, 1.54) is 24.3 Å². The summed E-state index contributed by atoms with van der Waals surface area (Å²) in [6, 6.07) is 10.9. The SMILES string of the molecule is CS(=O)(=O)Nc1nc2ccc(Oc3ccc(N(C(N)=O)c4cc(C(F)(F)F)ccc4F)cc3)cc2s1. The number of nitrogens with zero attached hydrogens (tertiary/aromatic N) is 2. The highest BCUT2D eigenvalue weighted by atomic mass is 32.2. The first-order valence-corrected chi connectivity index (χ1v) is 12.6. The molecule has 0 fully saturated rings. The number of hydrogen-bond acceptors (Lipinski definition) is 6. The van der Waals surface area contributed by atoms with Crippen molar-refractivity contribution in [2.24, 2.45) is 5.73 Å². The highest BCUT2D eigenvalue weighted by molar-refractivity contribution is 7.92. The van der Waals surface area contributed by atoms with Crippen LogP contribution in [0.5, 0.6) is 11.5 Å². The number of alkyl halides is 3. The molecular formula is C22H16F4N4O4S2. The van der Waals surface area contributed by atoms with Crippen LogP contribution in [0.15, 0.2) is 60.7 Å². The molecule has 0 spiro atoms. The summed E-state index contributed by atoms with van der Waals surface area (Å²) < 4.78 is 85.1. The molecule has 0 bridgehead atoms. The van der Waals surface area contributed by atoms with Crippen molar-refractivity contribution in [3.05, 3.63) is 72.0 Å². The second kappa shape index (κ2) is 9.28. The van der Waals surface area contributed by atoms with E-state index in [4.69, 9.17) is 10.5 Å². The van der Waals surface area contributed by atoms with Crippen molar-refractivity contribution in [2.75, 3.05) is 15.9 Å². The van der Waals surface area contributed by atoms with E-state index in [1.807, 2.05) is 0 Å². The number of fused-ring (bicyclic) bond motifs is 1. The number of ether oxygens (including phenoxy) is 1. The predicted molar refractivity (Wildman–Crippen MR) is 128 cm³/mol. The van der Waals surface area contributed by atoms with Gasteiger partial charge in [0.2, 0.25) is 10.0 Å². The maximum atomic E-state index is 14.4. The Labute approximate surface area is 206 Å². The molecule has 0 aliphatic heterocycles. The number of urea groups is 1. The second-order valence-corrected chi connectivity index (χ2v) is 10.2. The Morgan fingerprint density at radius 3 is 2.33 bits per heavy atom. The number of rotatable bonds is 6. The minimum atomic E-state index is -4.75. The van der Waals surface area contributed by atoms with Gasteiger partial charge in [0.1, 0.15) is 17.3 Å². The third-order valence-electron chi connectivity index (χ3n) is 4.70. The number of nitrogens with one attached hydrogen (secondary N) is 1. The molecule has 4 aromatic rings. The van der Waals surface area contributed by atoms with Crippen LogP contribution >= 0.6 is 11.3 Å². The molecule has 1 heterocycles. The van der Waals surface area contributed by atoms with Gasteiger partial charge < -0.3 is 10.5 Å². The summed E-state index contributed by atoms with van der Waals surface area (Å²) in [6.45, 7) is 0. The number of thiazole rings is 1. The van der Waals surface area contributed by atoms with Crippen LogP contribution in [0.3, 0.4) is 0 Å². The number of carbonyl (C=O) groups is 1. The number of anilines is 3. The molecule has 0 aliphatic rings. The Bertz CT molecular complexity index is 1550. The van der Waals surface area contributed by atoms with Crippen molar-refractivity contribution in [1.29, 1.82) is 0 Å². The molecular weight excluding hydrogens is 524 g/mol. The number of nitrogens with two attached hydrogens (primary N) is 1. The molecule has 0 saturated heterocycles. The Hall–Kier alpha value is -3.91. The van der Waals surface area contributed by atoms with Crippen molar-refractivity contribution < 1.29 is 35.5 Å². The van der Waals surface area contributed by atoms with E-state index in [1.54, 1.807) is 18.2 Å². The molecule has 0 aliphatic carbocycles. The van der Waals surface area contributed by atoms with Gasteiger partial charge in [-0.15, -0.1) is 0 Å². The number of benzene rings is 3. The zero-order valence-corrected chi connectivity index (χ0v) is 19.8. The maximum absolute atomic E-state index is 14.4. The largest absolute Gasteiger partial charge is 0.457 e. The lowest BCUT2D eigenvalue weighted by molar-refractivity contribution is -0.137. The van der Waals surface area contributed by atoms with Gasteiger partial charge in [0.05, 0.1) is 33.4 Å². The van der Waals surface area contributed by atoms with Gasteiger partial charge >= 0.3 is 12.2 Å². The van der Waals surface area contributed by atoms with Gasteiger partial charge in [-0.25, -0.2) is 22.6 Å². The van der Waals surface area contributed by atoms with Gasteiger partial charge in [-0.1, -0.05) is 11.3 Å². The molecule has 1 aromatic heterocycles. The molecule has 2 amide bonds. The van der Waals surface area contributed by atoms with Crippen molar-refractivity contribution in [3.63, 3.8) is 0 Å². The molecule has 3 N–H and O–H groups in total. The van der Waals surface area contributed by atoms with E-state index in [2.05, 4.69) is 9.71 Å². The first-order chi connectivity index (χ1) is 16.8. The first-order valence-electron chi connectivity index (χ1n) is 9.93. The summed E-state index contributed by atoms with van der Waals surface area (Å²) in [5.41, 5.74) is 4.12. The molecule has 4 rings (SSSR count). The van der Waals surface area contributed by atoms with Crippen molar-refractivity contribution >= 4 is 54.1 Å². The summed E-state index contributed by atoms with van der Waals surface area (Å²) in [4.78, 5) is 16.8. The fraction of sp³-hybridized carbons (Fsp3) is 0.0909. The fourth-order valence-corrected chi connectivity index (χ4v) is 4.94. The molecule has 0 atom stereocenters. The van der Waals surface area contributed by atoms with E-state index < -0.39 is 39.3 Å². The van der Waals surface area contributed by atoms with E-state index >= 15 is 0 Å². The second-order valence-electron chi connectivity index (χ2n) is 7.46. The lowest BCUT2D eigenvalue weighted by atomic mass is 10.1. The number of amides is 2. The standard InChI is InChI=1S/C22H16F4N4O4S2/c1-36(32,33)29-21-28-17-9-7-15(11-19(17)35-21)34-14-5-3-13(4-6-14)30(20(27)31)18-10-12(22(24,25)26)2-8-16(18)23/h2-11H,1H3,(H2,27,31)(H,28,29). The van der Waals surface area contributed by atoms with Gasteiger partial charge in [0.15, 0.2) is 5.13 Å². The van der Waals surface area contributed by atoms with Crippen molar-refractivity contribution in [1.82, 2.24) is 4.98 Å². The summed E-state index contributed by atoms with van der Waals surface area (Å²) in [5.74, 6) is -0.378. The average Bonchev–Trinajstić information content (AvgIpc) is 3.15. The van der Waals surface area contributed by atoms with Gasteiger partial charge in [-0.3, -0.25) is 9.62 Å². The summed E-state index contributed by atoms with van der Waals surface area (Å²) in [7, 11) is -3.48. The quantitative estimate of drug-likeness (QED) is 0.299. The molecule has 0 unspecified atom stereocenters. The molecule has 0 saturated carbocycles. The monoisotopic (exact) mass is 540 g/mol. The Morgan fingerprint density at radius 1 is 1.06 bits per heavy atom. The number of aromatic nitrogens is 1.